The second-order valence-corrected chi connectivity index (χ2v) is 7.47. The Morgan fingerprint density at radius 1 is 1.03 bits per heavy atom. The molecule has 1 saturated heterocycles. The average Bonchev–Trinajstić information content (AvgIpc) is 3.25. The molecule has 7 nitrogen and oxygen atoms in total. The van der Waals surface area contributed by atoms with E-state index < -0.39 is 0 Å². The third kappa shape index (κ3) is 4.15. The molecule has 1 aliphatic rings. The van der Waals surface area contributed by atoms with Crippen LogP contribution in [0.25, 0.3) is 11.5 Å². The lowest BCUT2D eigenvalue weighted by Crippen LogP contribution is -2.27. The Bertz CT molecular complexity index is 1000. The molecule has 1 atom stereocenters. The van der Waals surface area contributed by atoms with E-state index in [1.165, 1.54) is 0 Å². The number of ether oxygens (including phenoxy) is 2. The van der Waals surface area contributed by atoms with E-state index in [9.17, 15) is 0 Å². The number of hydrogen-bond donors (Lipinski definition) is 1. The van der Waals surface area contributed by atoms with Crippen LogP contribution in [0.3, 0.4) is 0 Å². The largest absolute Gasteiger partial charge is 0.497 e. The molecule has 0 amide bonds. The minimum atomic E-state index is 0.284. The number of pyridine rings is 1. The van der Waals surface area contributed by atoms with Crippen molar-refractivity contribution >= 4 is 11.5 Å². The monoisotopic (exact) mass is 405 g/mol. The van der Waals surface area contributed by atoms with Gasteiger partial charge >= 0.3 is 0 Å². The molecular formula is C23H27N5O2. The summed E-state index contributed by atoms with van der Waals surface area (Å²) in [7, 11) is 3.35. The van der Waals surface area contributed by atoms with Gasteiger partial charge in [0.05, 0.1) is 14.2 Å². The topological polar surface area (TPSA) is 72.4 Å². The van der Waals surface area contributed by atoms with Gasteiger partial charge in [-0.1, -0.05) is 6.07 Å². The Morgan fingerprint density at radius 3 is 2.47 bits per heavy atom. The highest BCUT2D eigenvalue weighted by molar-refractivity contribution is 5.59. The van der Waals surface area contributed by atoms with Gasteiger partial charge in [0.15, 0.2) is 5.82 Å². The molecular weight excluding hydrogens is 378 g/mol. The van der Waals surface area contributed by atoms with E-state index in [-0.39, 0.29) is 6.04 Å². The molecule has 0 radical (unpaired) electrons. The summed E-state index contributed by atoms with van der Waals surface area (Å²) in [6.45, 7) is 5.89. The summed E-state index contributed by atoms with van der Waals surface area (Å²) >= 11 is 0. The van der Waals surface area contributed by atoms with Crippen molar-refractivity contribution in [1.82, 2.24) is 15.0 Å². The van der Waals surface area contributed by atoms with Crippen LogP contribution in [0.4, 0.5) is 11.5 Å². The van der Waals surface area contributed by atoms with E-state index in [1.54, 1.807) is 20.4 Å². The number of anilines is 2. The van der Waals surface area contributed by atoms with Gasteiger partial charge in [-0.25, -0.2) is 9.97 Å². The molecule has 1 unspecified atom stereocenters. The lowest BCUT2D eigenvalue weighted by atomic mass is 10.2. The molecule has 1 aromatic carbocycles. The first-order valence-corrected chi connectivity index (χ1v) is 10.1. The van der Waals surface area contributed by atoms with E-state index in [0.29, 0.717) is 5.82 Å². The van der Waals surface area contributed by atoms with E-state index in [4.69, 9.17) is 14.5 Å². The van der Waals surface area contributed by atoms with E-state index >= 15 is 0 Å². The first kappa shape index (κ1) is 19.9. The molecule has 1 fully saturated rings. The predicted octanol–water partition coefficient (Wildman–Crippen LogP) is 3.86. The Morgan fingerprint density at radius 2 is 1.80 bits per heavy atom. The molecule has 4 rings (SSSR count). The zero-order chi connectivity index (χ0) is 21.1. The second kappa shape index (κ2) is 8.57. The summed E-state index contributed by atoms with van der Waals surface area (Å²) in [5, 5.41) is 3.63. The zero-order valence-electron chi connectivity index (χ0n) is 17.8. The van der Waals surface area contributed by atoms with Crippen LogP contribution in [-0.4, -0.2) is 48.3 Å². The molecule has 0 bridgehead atoms. The highest BCUT2D eigenvalue weighted by atomic mass is 16.5. The zero-order valence-corrected chi connectivity index (χ0v) is 17.8. The fourth-order valence-electron chi connectivity index (χ4n) is 3.66. The van der Waals surface area contributed by atoms with Crippen molar-refractivity contribution in [3.63, 3.8) is 0 Å². The van der Waals surface area contributed by atoms with Crippen LogP contribution in [0, 0.1) is 13.8 Å². The molecule has 0 saturated carbocycles. The van der Waals surface area contributed by atoms with Crippen LogP contribution in [0.5, 0.6) is 11.5 Å². The van der Waals surface area contributed by atoms with Gasteiger partial charge in [-0.2, -0.15) is 0 Å². The van der Waals surface area contributed by atoms with Crippen molar-refractivity contribution in [2.45, 2.75) is 26.3 Å². The number of nitrogens with one attached hydrogen (secondary N) is 1. The number of methoxy groups -OCH3 is 2. The predicted molar refractivity (Wildman–Crippen MR) is 119 cm³/mol. The fraction of sp³-hybridized carbons (Fsp3) is 0.348. The van der Waals surface area contributed by atoms with Crippen molar-refractivity contribution in [3.8, 4) is 23.0 Å². The molecule has 1 aliphatic heterocycles. The Kier molecular flexibility index (Phi) is 5.70. The third-order valence-electron chi connectivity index (χ3n) is 5.51. The Balaban J connectivity index is 1.53. The molecule has 156 valence electrons. The second-order valence-electron chi connectivity index (χ2n) is 7.47. The van der Waals surface area contributed by atoms with Gasteiger partial charge in [-0.15, -0.1) is 0 Å². The maximum absolute atomic E-state index is 5.42. The van der Waals surface area contributed by atoms with E-state index in [2.05, 4.69) is 27.1 Å². The molecule has 30 heavy (non-hydrogen) atoms. The number of hydrogen-bond acceptors (Lipinski definition) is 7. The number of benzene rings is 1. The van der Waals surface area contributed by atoms with Crippen LogP contribution in [0.1, 0.15) is 17.7 Å². The molecule has 1 N–H and O–H groups in total. The molecule has 3 aromatic rings. The SMILES string of the molecule is COc1cc(OC)cc(N2CCC(Nc3nc(-c4ccccn4)nc(C)c3C)C2)c1. The summed E-state index contributed by atoms with van der Waals surface area (Å²) in [5.41, 5.74) is 3.90. The van der Waals surface area contributed by atoms with Gasteiger partial charge in [0, 0.05) is 60.5 Å². The first-order chi connectivity index (χ1) is 14.6. The number of nitrogens with zero attached hydrogens (tertiary/aromatic N) is 4. The quantitative estimate of drug-likeness (QED) is 0.667. The van der Waals surface area contributed by atoms with Gasteiger partial charge in [0.2, 0.25) is 0 Å². The molecule has 3 heterocycles. The average molecular weight is 406 g/mol. The van der Waals surface area contributed by atoms with Gasteiger partial charge in [-0.3, -0.25) is 4.98 Å². The van der Waals surface area contributed by atoms with Crippen molar-refractivity contribution in [2.24, 2.45) is 0 Å². The van der Waals surface area contributed by atoms with E-state index in [1.807, 2.05) is 43.3 Å². The lowest BCUT2D eigenvalue weighted by molar-refractivity contribution is 0.394. The first-order valence-electron chi connectivity index (χ1n) is 10.1. The highest BCUT2D eigenvalue weighted by Crippen LogP contribution is 2.31. The van der Waals surface area contributed by atoms with Gasteiger partial charge in [0.25, 0.3) is 0 Å². The summed E-state index contributed by atoms with van der Waals surface area (Å²) in [6, 6.07) is 12.0. The van der Waals surface area contributed by atoms with Crippen LogP contribution in [-0.2, 0) is 0 Å². The minimum Gasteiger partial charge on any atom is -0.497 e. The van der Waals surface area contributed by atoms with Gasteiger partial charge in [0.1, 0.15) is 23.0 Å². The van der Waals surface area contributed by atoms with Crippen molar-refractivity contribution in [2.75, 3.05) is 37.5 Å². The highest BCUT2D eigenvalue weighted by Gasteiger charge is 2.25. The van der Waals surface area contributed by atoms with Crippen LogP contribution < -0.4 is 19.7 Å². The summed E-state index contributed by atoms with van der Waals surface area (Å²) in [6.07, 6.45) is 2.78. The minimum absolute atomic E-state index is 0.284. The number of rotatable bonds is 6. The number of aryl methyl sites for hydroxylation is 1. The van der Waals surface area contributed by atoms with Crippen molar-refractivity contribution in [3.05, 3.63) is 53.9 Å². The van der Waals surface area contributed by atoms with Crippen molar-refractivity contribution in [1.29, 1.82) is 0 Å². The van der Waals surface area contributed by atoms with Crippen LogP contribution >= 0.6 is 0 Å². The summed E-state index contributed by atoms with van der Waals surface area (Å²) in [4.78, 5) is 16.1. The maximum Gasteiger partial charge on any atom is 0.180 e. The molecule has 7 heteroatoms. The van der Waals surface area contributed by atoms with E-state index in [0.717, 1.165) is 59.5 Å². The third-order valence-corrected chi connectivity index (χ3v) is 5.51. The molecule has 0 spiro atoms. The fourth-order valence-corrected chi connectivity index (χ4v) is 3.66. The lowest BCUT2D eigenvalue weighted by Gasteiger charge is -2.21. The normalized spacial score (nSPS) is 15.9. The molecule has 2 aromatic heterocycles. The summed E-state index contributed by atoms with van der Waals surface area (Å²) in [5.74, 6) is 3.11. The molecule has 0 aliphatic carbocycles. The smallest absolute Gasteiger partial charge is 0.180 e. The summed E-state index contributed by atoms with van der Waals surface area (Å²) < 4.78 is 10.8. The van der Waals surface area contributed by atoms with Gasteiger partial charge in [-0.05, 0) is 32.4 Å². The van der Waals surface area contributed by atoms with Crippen molar-refractivity contribution < 1.29 is 9.47 Å². The maximum atomic E-state index is 5.42. The number of aromatic nitrogens is 3. The van der Waals surface area contributed by atoms with Crippen LogP contribution in [0.2, 0.25) is 0 Å². The van der Waals surface area contributed by atoms with Crippen LogP contribution in [0.15, 0.2) is 42.6 Å². The van der Waals surface area contributed by atoms with Gasteiger partial charge < -0.3 is 19.7 Å². The Hall–Kier alpha value is -3.35. The Labute approximate surface area is 177 Å². The standard InChI is InChI=1S/C23H27N5O2/c1-15-16(2)25-23(21-7-5-6-9-24-21)27-22(15)26-17-8-10-28(14-17)18-11-19(29-3)13-20(12-18)30-4/h5-7,9,11-13,17H,8,10,14H2,1-4H3,(H,25,26,27).